The van der Waals surface area contributed by atoms with Gasteiger partial charge in [0.2, 0.25) is 15.9 Å². The molecule has 2 N–H and O–H groups in total. The van der Waals surface area contributed by atoms with Crippen molar-refractivity contribution in [1.29, 1.82) is 0 Å². The Morgan fingerprint density at radius 2 is 1.71 bits per heavy atom. The second kappa shape index (κ2) is 8.57. The standard InChI is InChI=1S/C19H25N3O5S/c1-12-8-13(2)18(14(3)9-12)21-17(23)6-7-20-28(25,26)15-10-16(19(24)27-5)22(4)11-15/h8-11,20H,6-7H2,1-5H3,(H,21,23). The van der Waals surface area contributed by atoms with Crippen molar-refractivity contribution in [3.8, 4) is 0 Å². The molecule has 8 nitrogen and oxygen atoms in total. The van der Waals surface area contributed by atoms with Gasteiger partial charge in [0.15, 0.2) is 0 Å². The van der Waals surface area contributed by atoms with Crippen molar-refractivity contribution in [3.05, 3.63) is 46.8 Å². The van der Waals surface area contributed by atoms with Gasteiger partial charge in [0.1, 0.15) is 10.6 Å². The average Bonchev–Trinajstić information content (AvgIpc) is 3.00. The van der Waals surface area contributed by atoms with Gasteiger partial charge in [0.25, 0.3) is 0 Å². The van der Waals surface area contributed by atoms with Gasteiger partial charge in [-0.2, -0.15) is 0 Å². The first kappa shape index (κ1) is 21.6. The summed E-state index contributed by atoms with van der Waals surface area (Å²) >= 11 is 0. The van der Waals surface area contributed by atoms with Gasteiger partial charge >= 0.3 is 5.97 Å². The van der Waals surface area contributed by atoms with Crippen molar-refractivity contribution in [2.75, 3.05) is 19.0 Å². The Morgan fingerprint density at radius 3 is 2.29 bits per heavy atom. The van der Waals surface area contributed by atoms with E-state index in [0.717, 1.165) is 22.4 Å². The lowest BCUT2D eigenvalue weighted by Gasteiger charge is -2.13. The lowest BCUT2D eigenvalue weighted by atomic mass is 10.1. The maximum atomic E-state index is 12.4. The van der Waals surface area contributed by atoms with Crippen LogP contribution in [0.1, 0.15) is 33.6 Å². The molecule has 28 heavy (non-hydrogen) atoms. The molecule has 9 heteroatoms. The number of sulfonamides is 1. The number of aromatic nitrogens is 1. The molecule has 0 bridgehead atoms. The maximum Gasteiger partial charge on any atom is 0.354 e. The molecule has 0 saturated heterocycles. The first-order valence-electron chi connectivity index (χ1n) is 8.67. The zero-order chi connectivity index (χ0) is 21.1. The van der Waals surface area contributed by atoms with Gasteiger partial charge in [-0.15, -0.1) is 0 Å². The van der Waals surface area contributed by atoms with Crippen LogP contribution in [0, 0.1) is 20.8 Å². The molecule has 0 atom stereocenters. The number of methoxy groups -OCH3 is 1. The second-order valence-electron chi connectivity index (χ2n) is 6.63. The van der Waals surface area contributed by atoms with Crippen LogP contribution in [0.15, 0.2) is 29.3 Å². The third-order valence-corrected chi connectivity index (χ3v) is 5.70. The van der Waals surface area contributed by atoms with E-state index in [4.69, 9.17) is 0 Å². The number of anilines is 1. The Labute approximate surface area is 164 Å². The van der Waals surface area contributed by atoms with Crippen molar-refractivity contribution in [2.24, 2.45) is 7.05 Å². The number of rotatable bonds is 7. The number of hydrogen-bond acceptors (Lipinski definition) is 5. The van der Waals surface area contributed by atoms with E-state index in [9.17, 15) is 18.0 Å². The quantitative estimate of drug-likeness (QED) is 0.683. The first-order chi connectivity index (χ1) is 13.0. The fourth-order valence-electron chi connectivity index (χ4n) is 2.95. The predicted octanol–water partition coefficient (Wildman–Crippen LogP) is 2.04. The zero-order valence-electron chi connectivity index (χ0n) is 16.6. The summed E-state index contributed by atoms with van der Waals surface area (Å²) < 4.78 is 33.1. The minimum atomic E-state index is -3.85. The minimum Gasteiger partial charge on any atom is -0.464 e. The number of nitrogens with one attached hydrogen (secondary N) is 2. The molecule has 1 amide bonds. The largest absolute Gasteiger partial charge is 0.464 e. The van der Waals surface area contributed by atoms with Crippen LogP contribution in [0.5, 0.6) is 0 Å². The van der Waals surface area contributed by atoms with E-state index in [-0.39, 0.29) is 29.5 Å². The van der Waals surface area contributed by atoms with E-state index < -0.39 is 16.0 Å². The number of amides is 1. The van der Waals surface area contributed by atoms with Crippen molar-refractivity contribution in [3.63, 3.8) is 0 Å². The normalized spacial score (nSPS) is 11.3. The monoisotopic (exact) mass is 407 g/mol. The van der Waals surface area contributed by atoms with Gasteiger partial charge in [-0.3, -0.25) is 4.79 Å². The van der Waals surface area contributed by atoms with Crippen molar-refractivity contribution in [1.82, 2.24) is 9.29 Å². The average molecular weight is 407 g/mol. The van der Waals surface area contributed by atoms with Gasteiger partial charge in [-0.1, -0.05) is 17.7 Å². The molecule has 1 heterocycles. The minimum absolute atomic E-state index is 0.0251. The fourth-order valence-corrected chi connectivity index (χ4v) is 4.05. The molecule has 0 saturated carbocycles. The summed E-state index contributed by atoms with van der Waals surface area (Å²) in [6.45, 7) is 5.73. The van der Waals surface area contributed by atoms with Crippen molar-refractivity contribution >= 4 is 27.6 Å². The van der Waals surface area contributed by atoms with Crippen molar-refractivity contribution < 1.29 is 22.7 Å². The number of hydrogen-bond donors (Lipinski definition) is 2. The smallest absolute Gasteiger partial charge is 0.354 e. The van der Waals surface area contributed by atoms with Crippen LogP contribution >= 0.6 is 0 Å². The molecule has 0 radical (unpaired) electrons. The van der Waals surface area contributed by atoms with Gasteiger partial charge in [0, 0.05) is 31.9 Å². The third-order valence-electron chi connectivity index (χ3n) is 4.27. The summed E-state index contributed by atoms with van der Waals surface area (Å²) in [5, 5.41) is 2.83. The first-order valence-corrected chi connectivity index (χ1v) is 10.2. The number of benzene rings is 1. The van der Waals surface area contributed by atoms with E-state index in [1.165, 1.54) is 23.9 Å². The second-order valence-corrected chi connectivity index (χ2v) is 8.40. The molecule has 2 rings (SSSR count). The lowest BCUT2D eigenvalue weighted by molar-refractivity contribution is -0.116. The van der Waals surface area contributed by atoms with E-state index >= 15 is 0 Å². The lowest BCUT2D eigenvalue weighted by Crippen LogP contribution is -2.27. The highest BCUT2D eigenvalue weighted by molar-refractivity contribution is 7.89. The van der Waals surface area contributed by atoms with Gasteiger partial charge < -0.3 is 14.6 Å². The molecule has 0 spiro atoms. The Kier molecular flexibility index (Phi) is 6.63. The summed E-state index contributed by atoms with van der Waals surface area (Å²) in [7, 11) is -1.09. The molecule has 0 fully saturated rings. The van der Waals surface area contributed by atoms with Crippen LogP contribution in [0.2, 0.25) is 0 Å². The topological polar surface area (TPSA) is 106 Å². The SMILES string of the molecule is COC(=O)c1cc(S(=O)(=O)NCCC(=O)Nc2c(C)cc(C)cc2C)cn1C. The highest BCUT2D eigenvalue weighted by Crippen LogP contribution is 2.22. The third kappa shape index (κ3) is 4.99. The fraction of sp³-hybridized carbons (Fsp3) is 0.368. The molecular weight excluding hydrogens is 382 g/mol. The number of carbonyl (C=O) groups excluding carboxylic acids is 2. The molecule has 2 aromatic rings. The number of esters is 1. The van der Waals surface area contributed by atoms with Crippen LogP contribution in [-0.4, -0.2) is 38.5 Å². The molecular formula is C19H25N3O5S. The molecule has 0 aliphatic rings. The van der Waals surface area contributed by atoms with E-state index in [1.807, 2.05) is 32.9 Å². The van der Waals surface area contributed by atoms with Gasteiger partial charge in [-0.25, -0.2) is 17.9 Å². The summed E-state index contributed by atoms with van der Waals surface area (Å²) in [4.78, 5) is 23.7. The number of aryl methyl sites for hydroxylation is 4. The number of nitrogens with zero attached hydrogens (tertiary/aromatic N) is 1. The van der Waals surface area contributed by atoms with E-state index in [1.54, 1.807) is 7.05 Å². The molecule has 0 aliphatic carbocycles. The van der Waals surface area contributed by atoms with Crippen LogP contribution in [-0.2, 0) is 26.6 Å². The molecule has 1 aromatic heterocycles. The Morgan fingerprint density at radius 1 is 1.11 bits per heavy atom. The predicted molar refractivity (Wildman–Crippen MR) is 106 cm³/mol. The van der Waals surface area contributed by atoms with E-state index in [0.29, 0.717) is 0 Å². The van der Waals surface area contributed by atoms with Gasteiger partial charge in [0.05, 0.1) is 7.11 Å². The number of ether oxygens (including phenoxy) is 1. The van der Waals surface area contributed by atoms with Crippen LogP contribution in [0.25, 0.3) is 0 Å². The summed E-state index contributed by atoms with van der Waals surface area (Å²) in [5.74, 6) is -0.923. The van der Waals surface area contributed by atoms with Crippen LogP contribution < -0.4 is 10.0 Å². The van der Waals surface area contributed by atoms with Crippen molar-refractivity contribution in [2.45, 2.75) is 32.1 Å². The molecule has 152 valence electrons. The summed E-state index contributed by atoms with van der Waals surface area (Å²) in [6.07, 6.45) is 1.29. The van der Waals surface area contributed by atoms with E-state index in [2.05, 4.69) is 14.8 Å². The molecule has 0 aliphatic heterocycles. The highest BCUT2D eigenvalue weighted by Gasteiger charge is 2.21. The van der Waals surface area contributed by atoms with Crippen LogP contribution in [0.3, 0.4) is 0 Å². The Balaban J connectivity index is 1.99. The molecule has 0 unspecified atom stereocenters. The highest BCUT2D eigenvalue weighted by atomic mass is 32.2. The molecule has 1 aromatic carbocycles. The van der Waals surface area contributed by atoms with Gasteiger partial charge in [-0.05, 0) is 38.0 Å². The zero-order valence-corrected chi connectivity index (χ0v) is 17.4. The van der Waals surface area contributed by atoms with Crippen LogP contribution in [0.4, 0.5) is 5.69 Å². The Hall–Kier alpha value is -2.65. The number of carbonyl (C=O) groups is 2. The Bertz CT molecular complexity index is 986. The maximum absolute atomic E-state index is 12.4. The summed E-state index contributed by atoms with van der Waals surface area (Å²) in [6, 6.07) is 5.17. The summed E-state index contributed by atoms with van der Waals surface area (Å²) in [5.41, 5.74) is 3.86.